The van der Waals surface area contributed by atoms with Crippen molar-refractivity contribution >= 4 is 11.9 Å². The molecule has 1 saturated heterocycles. The Kier molecular flexibility index (Phi) is 3.74. The summed E-state index contributed by atoms with van der Waals surface area (Å²) >= 11 is 0. The first-order chi connectivity index (χ1) is 11.3. The molecule has 4 heteroatoms. The van der Waals surface area contributed by atoms with Crippen LogP contribution in [0.5, 0.6) is 0 Å². The fraction of sp³-hybridized carbons (Fsp3) is 0.900. The Morgan fingerprint density at radius 1 is 1.04 bits per heavy atom. The third kappa shape index (κ3) is 2.24. The van der Waals surface area contributed by atoms with Gasteiger partial charge < -0.3 is 9.47 Å². The van der Waals surface area contributed by atoms with E-state index in [0.29, 0.717) is 24.2 Å². The summed E-state index contributed by atoms with van der Waals surface area (Å²) in [6, 6.07) is 0. The zero-order valence-electron chi connectivity index (χ0n) is 15.2. The predicted molar refractivity (Wildman–Crippen MR) is 89.1 cm³/mol. The molecule has 0 aromatic carbocycles. The highest BCUT2D eigenvalue weighted by Crippen LogP contribution is 2.64. The third-order valence-corrected chi connectivity index (χ3v) is 8.14. The van der Waals surface area contributed by atoms with Gasteiger partial charge in [0.05, 0.1) is 0 Å². The van der Waals surface area contributed by atoms with E-state index < -0.39 is 0 Å². The number of hydrogen-bond donors (Lipinski definition) is 0. The van der Waals surface area contributed by atoms with Crippen LogP contribution in [0.3, 0.4) is 0 Å². The van der Waals surface area contributed by atoms with Gasteiger partial charge in [-0.3, -0.25) is 9.59 Å². The molecule has 0 N–H and O–H groups in total. The molecule has 4 fully saturated rings. The Balaban J connectivity index is 1.58. The van der Waals surface area contributed by atoms with E-state index in [0.717, 1.165) is 32.1 Å². The first kappa shape index (κ1) is 16.4. The van der Waals surface area contributed by atoms with Gasteiger partial charge in [0.15, 0.2) is 0 Å². The van der Waals surface area contributed by atoms with E-state index in [9.17, 15) is 9.59 Å². The summed E-state index contributed by atoms with van der Waals surface area (Å²) in [6.07, 6.45) is 8.44. The van der Waals surface area contributed by atoms with Crippen LogP contribution in [0.1, 0.15) is 72.1 Å². The lowest BCUT2D eigenvalue weighted by atomic mass is 9.48. The maximum Gasteiger partial charge on any atom is 0.306 e. The molecule has 7 atom stereocenters. The topological polar surface area (TPSA) is 52.6 Å². The Morgan fingerprint density at radius 3 is 2.54 bits per heavy atom. The van der Waals surface area contributed by atoms with E-state index in [4.69, 9.17) is 9.47 Å². The molecule has 1 heterocycles. The summed E-state index contributed by atoms with van der Waals surface area (Å²) in [5, 5.41) is 0. The molecule has 4 aliphatic rings. The van der Waals surface area contributed by atoms with E-state index >= 15 is 0 Å². The van der Waals surface area contributed by atoms with Gasteiger partial charge in [-0.25, -0.2) is 0 Å². The van der Waals surface area contributed by atoms with Crippen molar-refractivity contribution in [1.29, 1.82) is 0 Å². The van der Waals surface area contributed by atoms with Crippen LogP contribution in [0.2, 0.25) is 0 Å². The van der Waals surface area contributed by atoms with Gasteiger partial charge in [-0.2, -0.15) is 0 Å². The summed E-state index contributed by atoms with van der Waals surface area (Å²) in [6.45, 7) is 6.25. The number of carbonyl (C=O) groups is 2. The van der Waals surface area contributed by atoms with Gasteiger partial charge in [0.2, 0.25) is 0 Å². The maximum atomic E-state index is 11.7. The minimum atomic E-state index is -0.140. The van der Waals surface area contributed by atoms with Crippen LogP contribution >= 0.6 is 0 Å². The molecule has 24 heavy (non-hydrogen) atoms. The number of esters is 2. The molecule has 3 aliphatic carbocycles. The number of ether oxygens (including phenoxy) is 2. The highest BCUT2D eigenvalue weighted by molar-refractivity contribution is 5.70. The highest BCUT2D eigenvalue weighted by Gasteiger charge is 2.61. The molecule has 134 valence electrons. The van der Waals surface area contributed by atoms with Crippen LogP contribution in [-0.2, 0) is 19.1 Å². The van der Waals surface area contributed by atoms with Crippen LogP contribution in [0.25, 0.3) is 0 Å². The molecule has 0 unspecified atom stereocenters. The number of carbonyl (C=O) groups excluding carboxylic acids is 2. The minimum absolute atomic E-state index is 0.00707. The molecule has 0 aromatic heterocycles. The molecule has 4 rings (SSSR count). The van der Waals surface area contributed by atoms with Gasteiger partial charge in [-0.15, -0.1) is 0 Å². The molecule has 0 bridgehead atoms. The van der Waals surface area contributed by atoms with Crippen molar-refractivity contribution in [2.24, 2.45) is 28.6 Å². The van der Waals surface area contributed by atoms with Gasteiger partial charge in [-0.05, 0) is 62.7 Å². The van der Waals surface area contributed by atoms with E-state index in [-0.39, 0.29) is 35.0 Å². The molecule has 3 saturated carbocycles. The molecule has 0 spiro atoms. The Labute approximate surface area is 144 Å². The summed E-state index contributed by atoms with van der Waals surface area (Å²) < 4.78 is 11.4. The van der Waals surface area contributed by atoms with Crippen LogP contribution in [-0.4, -0.2) is 24.1 Å². The van der Waals surface area contributed by atoms with E-state index in [2.05, 4.69) is 13.8 Å². The summed E-state index contributed by atoms with van der Waals surface area (Å²) in [7, 11) is 0. The van der Waals surface area contributed by atoms with Gasteiger partial charge in [0.1, 0.15) is 12.2 Å². The predicted octanol–water partition coefficient (Wildman–Crippen LogP) is 3.87. The molecule has 1 aliphatic heterocycles. The quantitative estimate of drug-likeness (QED) is 0.683. The van der Waals surface area contributed by atoms with Gasteiger partial charge >= 0.3 is 11.9 Å². The summed E-state index contributed by atoms with van der Waals surface area (Å²) in [5.41, 5.74) is 0.291. The van der Waals surface area contributed by atoms with Crippen LogP contribution in [0.4, 0.5) is 0 Å². The molecular formula is C20H30O4. The van der Waals surface area contributed by atoms with Crippen molar-refractivity contribution in [2.45, 2.75) is 84.3 Å². The molecule has 4 nitrogen and oxygen atoms in total. The molecular weight excluding hydrogens is 304 g/mol. The van der Waals surface area contributed by atoms with Gasteiger partial charge in [0.25, 0.3) is 0 Å². The third-order valence-electron chi connectivity index (χ3n) is 8.14. The normalized spacial score (nSPS) is 50.3. The average Bonchev–Trinajstić information content (AvgIpc) is 2.84. The zero-order chi connectivity index (χ0) is 17.1. The van der Waals surface area contributed by atoms with Gasteiger partial charge in [-0.1, -0.05) is 13.8 Å². The lowest BCUT2D eigenvalue weighted by Gasteiger charge is -2.59. The van der Waals surface area contributed by atoms with Crippen molar-refractivity contribution in [3.63, 3.8) is 0 Å². The smallest absolute Gasteiger partial charge is 0.306 e. The largest absolute Gasteiger partial charge is 0.462 e. The molecule has 0 amide bonds. The number of fused-ring (bicyclic) bond motifs is 5. The maximum absolute atomic E-state index is 11.7. The Hall–Kier alpha value is -1.06. The second-order valence-electron chi connectivity index (χ2n) is 9.16. The fourth-order valence-corrected chi connectivity index (χ4v) is 6.90. The average molecular weight is 334 g/mol. The monoisotopic (exact) mass is 334 g/mol. The van der Waals surface area contributed by atoms with Gasteiger partial charge in [0, 0.05) is 24.2 Å². The first-order valence-corrected chi connectivity index (χ1v) is 9.71. The summed E-state index contributed by atoms with van der Waals surface area (Å²) in [4.78, 5) is 23.2. The Morgan fingerprint density at radius 2 is 1.79 bits per heavy atom. The van der Waals surface area contributed by atoms with Crippen LogP contribution in [0.15, 0.2) is 0 Å². The SMILES string of the molecule is CC(=O)O[C@@H]1CC[C@@H]2[C@H]3CC[C@H]4OC(=O)CC[C@]4(C)[C@@H]3CC[C@@]21C. The van der Waals surface area contributed by atoms with E-state index in [1.165, 1.54) is 19.8 Å². The zero-order valence-corrected chi connectivity index (χ0v) is 15.2. The Bertz CT molecular complexity index is 558. The molecule has 0 aromatic rings. The fourth-order valence-electron chi connectivity index (χ4n) is 6.90. The first-order valence-electron chi connectivity index (χ1n) is 9.71. The lowest BCUT2D eigenvalue weighted by molar-refractivity contribution is -0.194. The number of hydrogen-bond acceptors (Lipinski definition) is 4. The van der Waals surface area contributed by atoms with Crippen molar-refractivity contribution in [1.82, 2.24) is 0 Å². The molecule has 0 radical (unpaired) electrons. The van der Waals surface area contributed by atoms with Crippen molar-refractivity contribution in [3.05, 3.63) is 0 Å². The van der Waals surface area contributed by atoms with E-state index in [1.54, 1.807) is 0 Å². The highest BCUT2D eigenvalue weighted by atomic mass is 16.5. The number of rotatable bonds is 1. The van der Waals surface area contributed by atoms with Crippen LogP contribution in [0, 0.1) is 28.6 Å². The van der Waals surface area contributed by atoms with Crippen LogP contribution < -0.4 is 0 Å². The second-order valence-corrected chi connectivity index (χ2v) is 9.16. The van der Waals surface area contributed by atoms with Crippen molar-refractivity contribution < 1.29 is 19.1 Å². The lowest BCUT2D eigenvalue weighted by Crippen LogP contribution is -2.57. The summed E-state index contributed by atoms with van der Waals surface area (Å²) in [5.74, 6) is 1.85. The standard InChI is InChI=1S/C20H30O4/c1-12(21)23-16-7-5-14-13-4-6-17-20(3,11-9-18(22)24-17)15(13)8-10-19(14,16)2/h13-17H,4-11H2,1-3H3/t13-,14-,15-,16-,17-,19+,20-/m1/s1. The van der Waals surface area contributed by atoms with Crippen molar-refractivity contribution in [3.8, 4) is 0 Å². The van der Waals surface area contributed by atoms with E-state index in [1.807, 2.05) is 0 Å². The minimum Gasteiger partial charge on any atom is -0.462 e. The van der Waals surface area contributed by atoms with Crippen molar-refractivity contribution in [2.75, 3.05) is 0 Å². The second kappa shape index (κ2) is 5.47.